The monoisotopic (exact) mass is 444 g/mol. The molecule has 0 atom stereocenters. The number of rotatable bonds is 7. The van der Waals surface area contributed by atoms with Gasteiger partial charge < -0.3 is 5.32 Å². The molecule has 0 heterocycles. The first-order valence-corrected chi connectivity index (χ1v) is 11.6. The van der Waals surface area contributed by atoms with E-state index in [-0.39, 0.29) is 16.5 Å². The van der Waals surface area contributed by atoms with E-state index in [0.29, 0.717) is 16.5 Å². The van der Waals surface area contributed by atoms with Gasteiger partial charge in [-0.2, -0.15) is 0 Å². The van der Waals surface area contributed by atoms with Crippen LogP contribution in [0.5, 0.6) is 0 Å². The van der Waals surface area contributed by atoms with Gasteiger partial charge in [0.2, 0.25) is 0 Å². The van der Waals surface area contributed by atoms with E-state index >= 15 is 0 Å². The summed E-state index contributed by atoms with van der Waals surface area (Å²) in [6, 6.07) is 18.2. The third-order valence-electron chi connectivity index (χ3n) is 4.01. The van der Waals surface area contributed by atoms with Crippen LogP contribution in [-0.2, 0) is 10.0 Å². The summed E-state index contributed by atoms with van der Waals surface area (Å²) in [5.74, 6) is -0.717. The summed E-state index contributed by atoms with van der Waals surface area (Å²) in [6.07, 6.45) is 0. The average Bonchev–Trinajstić information content (AvgIpc) is 2.70. The number of hydrogen-bond acceptors (Lipinski definition) is 4. The highest BCUT2D eigenvalue weighted by molar-refractivity contribution is 8.00. The molecular formula is C22H21FN2O3S2. The van der Waals surface area contributed by atoms with E-state index in [0.717, 1.165) is 4.90 Å². The first-order valence-electron chi connectivity index (χ1n) is 9.20. The maximum atomic E-state index is 13.0. The molecule has 0 aliphatic carbocycles. The minimum absolute atomic E-state index is 0.0283. The van der Waals surface area contributed by atoms with Crippen LogP contribution >= 0.6 is 11.8 Å². The number of carbonyl (C=O) groups is 1. The quantitative estimate of drug-likeness (QED) is 0.480. The molecule has 3 aromatic rings. The van der Waals surface area contributed by atoms with E-state index in [9.17, 15) is 17.6 Å². The minimum atomic E-state index is -3.83. The third-order valence-corrected chi connectivity index (χ3v) is 6.49. The second-order valence-electron chi connectivity index (χ2n) is 6.75. The number of benzene rings is 3. The first-order chi connectivity index (χ1) is 14.2. The smallest absolute Gasteiger partial charge is 0.261 e. The Kier molecular flexibility index (Phi) is 6.79. The van der Waals surface area contributed by atoms with Crippen molar-refractivity contribution in [2.45, 2.75) is 28.9 Å². The van der Waals surface area contributed by atoms with Crippen LogP contribution in [0.3, 0.4) is 0 Å². The molecule has 2 N–H and O–H groups in total. The van der Waals surface area contributed by atoms with Crippen LogP contribution in [0.15, 0.2) is 82.6 Å². The Balaban J connectivity index is 1.73. The van der Waals surface area contributed by atoms with E-state index < -0.39 is 15.8 Å². The lowest BCUT2D eigenvalue weighted by molar-refractivity contribution is 0.102. The molecule has 0 saturated carbocycles. The molecule has 3 rings (SSSR count). The number of sulfonamides is 1. The lowest BCUT2D eigenvalue weighted by atomic mass is 10.2. The normalized spacial score (nSPS) is 11.3. The van der Waals surface area contributed by atoms with Gasteiger partial charge in [0.25, 0.3) is 15.9 Å². The molecule has 0 spiro atoms. The molecule has 0 fully saturated rings. The van der Waals surface area contributed by atoms with Crippen molar-refractivity contribution in [2.24, 2.45) is 0 Å². The molecule has 0 radical (unpaired) electrons. The Morgan fingerprint density at radius 3 is 2.13 bits per heavy atom. The van der Waals surface area contributed by atoms with E-state index in [4.69, 9.17) is 0 Å². The Hall–Kier alpha value is -2.84. The number of thioether (sulfide) groups is 1. The lowest BCUT2D eigenvalue weighted by Gasteiger charge is -2.12. The van der Waals surface area contributed by atoms with Crippen LogP contribution in [0.1, 0.15) is 24.2 Å². The predicted molar refractivity (Wildman–Crippen MR) is 119 cm³/mol. The van der Waals surface area contributed by atoms with Crippen molar-refractivity contribution in [3.8, 4) is 0 Å². The molecule has 0 aliphatic heterocycles. The zero-order valence-electron chi connectivity index (χ0n) is 16.4. The van der Waals surface area contributed by atoms with Crippen molar-refractivity contribution in [3.63, 3.8) is 0 Å². The summed E-state index contributed by atoms with van der Waals surface area (Å²) in [5, 5.41) is 3.13. The molecule has 0 unspecified atom stereocenters. The summed E-state index contributed by atoms with van der Waals surface area (Å²) in [6.45, 7) is 4.11. The van der Waals surface area contributed by atoms with Crippen LogP contribution in [0.2, 0.25) is 0 Å². The lowest BCUT2D eigenvalue weighted by Crippen LogP contribution is -2.15. The van der Waals surface area contributed by atoms with Crippen LogP contribution in [0.25, 0.3) is 0 Å². The van der Waals surface area contributed by atoms with Crippen molar-refractivity contribution in [2.75, 3.05) is 10.0 Å². The van der Waals surface area contributed by atoms with Crippen LogP contribution in [0.4, 0.5) is 15.8 Å². The molecule has 0 bridgehead atoms. The van der Waals surface area contributed by atoms with Gasteiger partial charge in [0.15, 0.2) is 0 Å². The van der Waals surface area contributed by atoms with E-state index in [1.807, 2.05) is 12.1 Å². The zero-order valence-corrected chi connectivity index (χ0v) is 18.1. The maximum Gasteiger partial charge on any atom is 0.261 e. The Morgan fingerprint density at radius 1 is 0.900 bits per heavy atom. The Bertz CT molecular complexity index is 1130. The van der Waals surface area contributed by atoms with E-state index in [1.54, 1.807) is 23.9 Å². The minimum Gasteiger partial charge on any atom is -0.322 e. The zero-order chi connectivity index (χ0) is 21.7. The standard InChI is InChI=1S/C22H21FN2O3S2/c1-15(2)29-21-6-4-3-5-20(21)22(26)24-17-11-13-19(14-12-17)30(27,28)25-18-9-7-16(23)8-10-18/h3-15,25H,1-2H3,(H,24,26). The fourth-order valence-electron chi connectivity index (χ4n) is 2.66. The molecule has 156 valence electrons. The van der Waals surface area contributed by atoms with Crippen LogP contribution in [-0.4, -0.2) is 19.6 Å². The number of halogens is 1. The van der Waals surface area contributed by atoms with Gasteiger partial charge in [0.05, 0.1) is 10.5 Å². The SMILES string of the molecule is CC(C)Sc1ccccc1C(=O)Nc1ccc(S(=O)(=O)Nc2ccc(F)cc2)cc1. The predicted octanol–water partition coefficient (Wildman–Crippen LogP) is 5.38. The summed E-state index contributed by atoms with van der Waals surface area (Å²) >= 11 is 1.60. The molecular weight excluding hydrogens is 423 g/mol. The highest BCUT2D eigenvalue weighted by atomic mass is 32.2. The summed E-state index contributed by atoms with van der Waals surface area (Å²) < 4.78 is 40.4. The van der Waals surface area contributed by atoms with Crippen LogP contribution in [0, 0.1) is 5.82 Å². The first kappa shape index (κ1) is 21.9. The topological polar surface area (TPSA) is 75.3 Å². The highest BCUT2D eigenvalue weighted by Gasteiger charge is 2.16. The van der Waals surface area contributed by atoms with Gasteiger partial charge >= 0.3 is 0 Å². The van der Waals surface area contributed by atoms with E-state index in [2.05, 4.69) is 23.9 Å². The molecule has 5 nitrogen and oxygen atoms in total. The second kappa shape index (κ2) is 9.32. The van der Waals surface area contributed by atoms with Crippen molar-refractivity contribution in [3.05, 3.63) is 84.2 Å². The molecule has 3 aromatic carbocycles. The van der Waals surface area contributed by atoms with Gasteiger partial charge in [0.1, 0.15) is 5.82 Å². The second-order valence-corrected chi connectivity index (χ2v) is 10.1. The summed E-state index contributed by atoms with van der Waals surface area (Å²) in [7, 11) is -3.83. The highest BCUT2D eigenvalue weighted by Crippen LogP contribution is 2.27. The molecule has 0 aromatic heterocycles. The number of hydrogen-bond donors (Lipinski definition) is 2. The Morgan fingerprint density at radius 2 is 1.50 bits per heavy atom. The van der Waals surface area contributed by atoms with Gasteiger partial charge in [-0.05, 0) is 60.7 Å². The fraction of sp³-hybridized carbons (Fsp3) is 0.136. The largest absolute Gasteiger partial charge is 0.322 e. The molecule has 0 aliphatic rings. The van der Waals surface area contributed by atoms with Crippen molar-refractivity contribution >= 4 is 39.1 Å². The molecule has 0 saturated heterocycles. The maximum absolute atomic E-state index is 13.0. The van der Waals surface area contributed by atoms with Crippen molar-refractivity contribution in [1.29, 1.82) is 0 Å². The van der Waals surface area contributed by atoms with Crippen molar-refractivity contribution in [1.82, 2.24) is 0 Å². The van der Waals surface area contributed by atoms with Crippen LogP contribution < -0.4 is 10.0 Å². The fourth-order valence-corrected chi connectivity index (χ4v) is 4.67. The van der Waals surface area contributed by atoms with E-state index in [1.165, 1.54) is 48.5 Å². The number of nitrogens with one attached hydrogen (secondary N) is 2. The molecule has 30 heavy (non-hydrogen) atoms. The summed E-state index contributed by atoms with van der Waals surface area (Å²) in [4.78, 5) is 13.6. The van der Waals surface area contributed by atoms with Gasteiger partial charge in [0, 0.05) is 21.5 Å². The van der Waals surface area contributed by atoms with Gasteiger partial charge in [-0.3, -0.25) is 9.52 Å². The Labute approximate surface area is 179 Å². The average molecular weight is 445 g/mol. The van der Waals surface area contributed by atoms with Gasteiger partial charge in [-0.1, -0.05) is 26.0 Å². The van der Waals surface area contributed by atoms with Gasteiger partial charge in [-0.25, -0.2) is 12.8 Å². The van der Waals surface area contributed by atoms with Crippen molar-refractivity contribution < 1.29 is 17.6 Å². The van der Waals surface area contributed by atoms with Gasteiger partial charge in [-0.15, -0.1) is 11.8 Å². The number of anilines is 2. The number of amides is 1. The third kappa shape index (κ3) is 5.61. The summed E-state index contributed by atoms with van der Waals surface area (Å²) in [5.41, 5.74) is 1.30. The number of carbonyl (C=O) groups excluding carboxylic acids is 1. The molecule has 1 amide bonds. The molecule has 8 heteroatoms.